The van der Waals surface area contributed by atoms with E-state index < -0.39 is 5.97 Å². The van der Waals surface area contributed by atoms with E-state index in [0.29, 0.717) is 24.4 Å². The molecule has 0 heterocycles. The maximum absolute atomic E-state index is 12.5. The number of nitrogens with zero attached hydrogens (tertiary/aromatic N) is 1. The van der Waals surface area contributed by atoms with E-state index in [9.17, 15) is 14.7 Å². The molecule has 126 valence electrons. The Kier molecular flexibility index (Phi) is 6.63. The molecule has 1 N–H and O–H groups in total. The summed E-state index contributed by atoms with van der Waals surface area (Å²) in [5.41, 5.74) is 1.04. The summed E-state index contributed by atoms with van der Waals surface area (Å²) in [5.74, 6) is -0.808. The molecule has 1 amide bonds. The standard InChI is InChI=1S/C19H27NO3/c1-20(16-10-5-3-2-4-6-11-16)18(21)14-13-15-9-7-8-12-17(15)19(22)23/h7-9,12,16H,2-6,10-11,13-14H2,1H3,(H,22,23). The lowest BCUT2D eigenvalue weighted by molar-refractivity contribution is -0.132. The van der Waals surface area contributed by atoms with Crippen LogP contribution in [0.25, 0.3) is 0 Å². The quantitative estimate of drug-likeness (QED) is 0.896. The topological polar surface area (TPSA) is 57.6 Å². The minimum Gasteiger partial charge on any atom is -0.478 e. The molecular weight excluding hydrogens is 290 g/mol. The molecule has 1 fully saturated rings. The number of rotatable bonds is 5. The second kappa shape index (κ2) is 8.70. The van der Waals surface area contributed by atoms with Crippen molar-refractivity contribution in [3.8, 4) is 0 Å². The van der Waals surface area contributed by atoms with Crippen LogP contribution in [0.2, 0.25) is 0 Å². The summed E-state index contributed by atoms with van der Waals surface area (Å²) >= 11 is 0. The first kappa shape index (κ1) is 17.5. The van der Waals surface area contributed by atoms with E-state index >= 15 is 0 Å². The first-order valence-electron chi connectivity index (χ1n) is 8.66. The molecule has 4 nitrogen and oxygen atoms in total. The zero-order valence-electron chi connectivity index (χ0n) is 14.0. The number of aromatic carboxylic acids is 1. The van der Waals surface area contributed by atoms with Gasteiger partial charge in [0.05, 0.1) is 5.56 Å². The highest BCUT2D eigenvalue weighted by Crippen LogP contribution is 2.21. The number of carboxylic acid groups (broad SMARTS) is 1. The molecule has 0 atom stereocenters. The summed E-state index contributed by atoms with van der Waals surface area (Å²) in [5, 5.41) is 9.21. The van der Waals surface area contributed by atoms with E-state index in [1.807, 2.05) is 18.0 Å². The minimum atomic E-state index is -0.929. The molecule has 0 aromatic heterocycles. The summed E-state index contributed by atoms with van der Waals surface area (Å²) < 4.78 is 0. The van der Waals surface area contributed by atoms with Crippen LogP contribution in [0.4, 0.5) is 0 Å². The Hall–Kier alpha value is -1.84. The predicted molar refractivity (Wildman–Crippen MR) is 90.6 cm³/mol. The summed E-state index contributed by atoms with van der Waals surface area (Å²) in [6.45, 7) is 0. The van der Waals surface area contributed by atoms with Gasteiger partial charge in [0.25, 0.3) is 0 Å². The summed E-state index contributed by atoms with van der Waals surface area (Å²) in [7, 11) is 1.90. The van der Waals surface area contributed by atoms with Crippen LogP contribution < -0.4 is 0 Å². The van der Waals surface area contributed by atoms with Crippen LogP contribution in [0.3, 0.4) is 0 Å². The maximum atomic E-state index is 12.5. The number of aryl methyl sites for hydroxylation is 1. The molecule has 0 saturated heterocycles. The molecule has 1 saturated carbocycles. The predicted octanol–water partition coefficient (Wildman–Crippen LogP) is 3.89. The van der Waals surface area contributed by atoms with Crippen molar-refractivity contribution in [3.63, 3.8) is 0 Å². The normalized spacial score (nSPS) is 16.4. The van der Waals surface area contributed by atoms with Crippen molar-refractivity contribution in [3.05, 3.63) is 35.4 Å². The van der Waals surface area contributed by atoms with Crippen LogP contribution in [-0.4, -0.2) is 35.0 Å². The molecule has 1 aromatic rings. The SMILES string of the molecule is CN(C(=O)CCc1ccccc1C(=O)O)C1CCCCCCC1. The second-order valence-electron chi connectivity index (χ2n) is 6.47. The minimum absolute atomic E-state index is 0.121. The Morgan fingerprint density at radius 2 is 1.70 bits per heavy atom. The fourth-order valence-electron chi connectivity index (χ4n) is 3.39. The molecule has 0 bridgehead atoms. The number of benzene rings is 1. The van der Waals surface area contributed by atoms with Gasteiger partial charge in [-0.3, -0.25) is 4.79 Å². The zero-order valence-corrected chi connectivity index (χ0v) is 14.0. The highest BCUT2D eigenvalue weighted by Gasteiger charge is 2.21. The zero-order chi connectivity index (χ0) is 16.7. The molecule has 1 aromatic carbocycles. The number of carbonyl (C=O) groups excluding carboxylic acids is 1. The van der Waals surface area contributed by atoms with E-state index in [0.717, 1.165) is 18.4 Å². The third kappa shape index (κ3) is 5.08. The van der Waals surface area contributed by atoms with Crippen molar-refractivity contribution < 1.29 is 14.7 Å². The Morgan fingerprint density at radius 1 is 1.09 bits per heavy atom. The van der Waals surface area contributed by atoms with Crippen molar-refractivity contribution in [2.75, 3.05) is 7.05 Å². The summed E-state index contributed by atoms with van der Waals surface area (Å²) in [6, 6.07) is 7.28. The Morgan fingerprint density at radius 3 is 2.35 bits per heavy atom. The molecule has 1 aliphatic carbocycles. The second-order valence-corrected chi connectivity index (χ2v) is 6.47. The fraction of sp³-hybridized carbons (Fsp3) is 0.579. The highest BCUT2D eigenvalue weighted by atomic mass is 16.4. The number of carboxylic acids is 1. The molecule has 0 spiro atoms. The molecule has 0 radical (unpaired) electrons. The smallest absolute Gasteiger partial charge is 0.335 e. The number of hydrogen-bond donors (Lipinski definition) is 1. The van der Waals surface area contributed by atoms with Gasteiger partial charge in [0, 0.05) is 19.5 Å². The van der Waals surface area contributed by atoms with E-state index in [2.05, 4.69) is 0 Å². The van der Waals surface area contributed by atoms with Gasteiger partial charge >= 0.3 is 5.97 Å². The van der Waals surface area contributed by atoms with E-state index in [4.69, 9.17) is 0 Å². The van der Waals surface area contributed by atoms with Crippen LogP contribution in [-0.2, 0) is 11.2 Å². The van der Waals surface area contributed by atoms with Crippen molar-refractivity contribution in [2.45, 2.75) is 63.8 Å². The third-order valence-electron chi connectivity index (χ3n) is 4.87. The lowest BCUT2D eigenvalue weighted by Crippen LogP contribution is -2.37. The van der Waals surface area contributed by atoms with Gasteiger partial charge in [-0.25, -0.2) is 4.79 Å². The monoisotopic (exact) mass is 317 g/mol. The largest absolute Gasteiger partial charge is 0.478 e. The van der Waals surface area contributed by atoms with Crippen LogP contribution in [0.1, 0.15) is 67.3 Å². The van der Waals surface area contributed by atoms with E-state index in [-0.39, 0.29) is 5.91 Å². The van der Waals surface area contributed by atoms with Gasteiger partial charge in [-0.1, -0.05) is 50.3 Å². The first-order chi connectivity index (χ1) is 11.1. The van der Waals surface area contributed by atoms with Gasteiger partial charge in [-0.2, -0.15) is 0 Å². The Labute approximate surface area is 138 Å². The molecule has 23 heavy (non-hydrogen) atoms. The first-order valence-corrected chi connectivity index (χ1v) is 8.66. The summed E-state index contributed by atoms with van der Waals surface area (Å²) in [4.78, 5) is 25.6. The molecule has 2 rings (SSSR count). The van der Waals surface area contributed by atoms with Crippen LogP contribution >= 0.6 is 0 Å². The molecular formula is C19H27NO3. The number of hydrogen-bond acceptors (Lipinski definition) is 2. The lowest BCUT2D eigenvalue weighted by atomic mass is 9.95. The highest BCUT2D eigenvalue weighted by molar-refractivity contribution is 5.89. The van der Waals surface area contributed by atoms with E-state index in [1.165, 1.54) is 32.1 Å². The molecule has 4 heteroatoms. The molecule has 1 aliphatic rings. The fourth-order valence-corrected chi connectivity index (χ4v) is 3.39. The van der Waals surface area contributed by atoms with Crippen LogP contribution in [0.5, 0.6) is 0 Å². The average Bonchev–Trinajstić information content (AvgIpc) is 2.52. The van der Waals surface area contributed by atoms with Crippen molar-refractivity contribution in [2.24, 2.45) is 0 Å². The van der Waals surface area contributed by atoms with Crippen molar-refractivity contribution in [1.29, 1.82) is 0 Å². The van der Waals surface area contributed by atoms with Gasteiger partial charge in [-0.15, -0.1) is 0 Å². The third-order valence-corrected chi connectivity index (χ3v) is 4.87. The lowest BCUT2D eigenvalue weighted by Gasteiger charge is -2.30. The van der Waals surface area contributed by atoms with Gasteiger partial charge in [0.1, 0.15) is 0 Å². The van der Waals surface area contributed by atoms with Gasteiger partial charge < -0.3 is 10.0 Å². The summed E-state index contributed by atoms with van der Waals surface area (Å²) in [6.07, 6.45) is 9.29. The van der Waals surface area contributed by atoms with Crippen LogP contribution in [0.15, 0.2) is 24.3 Å². The number of amides is 1. The number of carbonyl (C=O) groups is 2. The Balaban J connectivity index is 1.92. The van der Waals surface area contributed by atoms with E-state index in [1.54, 1.807) is 18.2 Å². The molecule has 0 aliphatic heterocycles. The average molecular weight is 317 g/mol. The van der Waals surface area contributed by atoms with Crippen molar-refractivity contribution >= 4 is 11.9 Å². The van der Waals surface area contributed by atoms with Crippen molar-refractivity contribution in [1.82, 2.24) is 4.90 Å². The maximum Gasteiger partial charge on any atom is 0.335 e. The molecule has 0 unspecified atom stereocenters. The van der Waals surface area contributed by atoms with Gasteiger partial charge in [0.15, 0.2) is 0 Å². The van der Waals surface area contributed by atoms with Crippen LogP contribution in [0, 0.1) is 0 Å². The Bertz CT molecular complexity index is 533. The van der Waals surface area contributed by atoms with Gasteiger partial charge in [-0.05, 0) is 30.9 Å². The van der Waals surface area contributed by atoms with Gasteiger partial charge in [0.2, 0.25) is 5.91 Å².